The average molecular weight is 276 g/mol. The normalized spacial score (nSPS) is 20.5. The van der Waals surface area contributed by atoms with Gasteiger partial charge in [0.15, 0.2) is 0 Å². The quantitative estimate of drug-likeness (QED) is 0.895. The lowest BCUT2D eigenvalue weighted by atomic mass is 10.0. The van der Waals surface area contributed by atoms with Gasteiger partial charge in [0, 0.05) is 32.2 Å². The molecule has 1 N–H and O–H groups in total. The lowest BCUT2D eigenvalue weighted by molar-refractivity contribution is -0.143. The summed E-state index contributed by atoms with van der Waals surface area (Å²) in [6, 6.07) is 10.6. The maximum Gasteiger partial charge on any atom is 0.320 e. The Hall–Kier alpha value is -1.39. The number of carbonyl (C=O) groups is 1. The van der Waals surface area contributed by atoms with Crippen molar-refractivity contribution in [3.8, 4) is 0 Å². The Bertz CT molecular complexity index is 427. The number of carboxylic acids is 1. The number of piperazine rings is 1. The predicted octanol–water partition coefficient (Wildman–Crippen LogP) is 2.23. The highest BCUT2D eigenvalue weighted by Crippen LogP contribution is 2.25. The smallest absolute Gasteiger partial charge is 0.320 e. The number of aliphatic carboxylic acids is 1. The van der Waals surface area contributed by atoms with Gasteiger partial charge in [0.2, 0.25) is 0 Å². The zero-order valence-corrected chi connectivity index (χ0v) is 12.3. The van der Waals surface area contributed by atoms with Crippen LogP contribution in [-0.2, 0) is 4.79 Å². The van der Waals surface area contributed by atoms with Gasteiger partial charge in [-0.3, -0.25) is 14.6 Å². The zero-order chi connectivity index (χ0) is 14.5. The van der Waals surface area contributed by atoms with Crippen LogP contribution in [0.3, 0.4) is 0 Å². The van der Waals surface area contributed by atoms with E-state index in [-0.39, 0.29) is 6.04 Å². The standard InChI is InChI=1S/C16H24N2O2/c1-3-15(14-7-5-4-6-8-14)18-11-9-17(10-12-18)13(2)16(19)20/h4-8,13,15H,3,9-12H2,1-2H3,(H,19,20). The van der Waals surface area contributed by atoms with E-state index >= 15 is 0 Å². The molecule has 4 nitrogen and oxygen atoms in total. The minimum Gasteiger partial charge on any atom is -0.480 e. The molecule has 4 heteroatoms. The van der Waals surface area contributed by atoms with E-state index in [9.17, 15) is 4.79 Å². The summed E-state index contributed by atoms with van der Waals surface area (Å²) < 4.78 is 0. The molecule has 1 aromatic carbocycles. The van der Waals surface area contributed by atoms with Gasteiger partial charge in [-0.25, -0.2) is 0 Å². The first kappa shape index (κ1) is 15.0. The van der Waals surface area contributed by atoms with Gasteiger partial charge in [0.25, 0.3) is 0 Å². The van der Waals surface area contributed by atoms with Crippen LogP contribution < -0.4 is 0 Å². The van der Waals surface area contributed by atoms with Gasteiger partial charge in [-0.15, -0.1) is 0 Å². The minimum atomic E-state index is -0.728. The molecule has 1 aliphatic rings. The molecule has 1 aromatic rings. The molecule has 0 radical (unpaired) electrons. The van der Waals surface area contributed by atoms with Crippen LogP contribution in [0.5, 0.6) is 0 Å². The SMILES string of the molecule is CCC(c1ccccc1)N1CCN(C(C)C(=O)O)CC1. The Labute approximate surface area is 121 Å². The number of nitrogens with zero attached hydrogens (tertiary/aromatic N) is 2. The summed E-state index contributed by atoms with van der Waals surface area (Å²) in [6.45, 7) is 7.51. The summed E-state index contributed by atoms with van der Waals surface area (Å²) >= 11 is 0. The number of hydrogen-bond acceptors (Lipinski definition) is 3. The lowest BCUT2D eigenvalue weighted by Gasteiger charge is -2.40. The van der Waals surface area contributed by atoms with Gasteiger partial charge < -0.3 is 5.11 Å². The largest absolute Gasteiger partial charge is 0.480 e. The van der Waals surface area contributed by atoms with Crippen LogP contribution in [0, 0.1) is 0 Å². The topological polar surface area (TPSA) is 43.8 Å². The third-order valence-corrected chi connectivity index (χ3v) is 4.27. The summed E-state index contributed by atoms with van der Waals surface area (Å²) in [7, 11) is 0. The Kier molecular flexibility index (Phi) is 5.15. The highest BCUT2D eigenvalue weighted by molar-refractivity contribution is 5.72. The third-order valence-electron chi connectivity index (χ3n) is 4.27. The van der Waals surface area contributed by atoms with Gasteiger partial charge in [-0.2, -0.15) is 0 Å². The Morgan fingerprint density at radius 1 is 1.15 bits per heavy atom. The van der Waals surface area contributed by atoms with Crippen molar-refractivity contribution < 1.29 is 9.90 Å². The van der Waals surface area contributed by atoms with E-state index in [0.717, 1.165) is 32.6 Å². The van der Waals surface area contributed by atoms with Crippen molar-refractivity contribution in [1.29, 1.82) is 0 Å². The van der Waals surface area contributed by atoms with Crippen LogP contribution in [0.15, 0.2) is 30.3 Å². The molecule has 1 fully saturated rings. The number of hydrogen-bond donors (Lipinski definition) is 1. The highest BCUT2D eigenvalue weighted by Gasteiger charge is 2.28. The van der Waals surface area contributed by atoms with Crippen molar-refractivity contribution in [2.75, 3.05) is 26.2 Å². The second kappa shape index (κ2) is 6.86. The molecule has 110 valence electrons. The second-order valence-corrected chi connectivity index (χ2v) is 5.42. The van der Waals surface area contributed by atoms with Gasteiger partial charge >= 0.3 is 5.97 Å². The number of carboxylic acid groups (broad SMARTS) is 1. The fourth-order valence-electron chi connectivity index (χ4n) is 2.97. The van der Waals surface area contributed by atoms with E-state index in [1.165, 1.54) is 5.56 Å². The van der Waals surface area contributed by atoms with E-state index in [1.807, 2.05) is 6.07 Å². The van der Waals surface area contributed by atoms with Crippen LogP contribution in [0.25, 0.3) is 0 Å². The monoisotopic (exact) mass is 276 g/mol. The molecule has 2 atom stereocenters. The fourth-order valence-corrected chi connectivity index (χ4v) is 2.97. The molecule has 0 aromatic heterocycles. The number of benzene rings is 1. The molecule has 0 saturated carbocycles. The highest BCUT2D eigenvalue weighted by atomic mass is 16.4. The van der Waals surface area contributed by atoms with Crippen LogP contribution in [-0.4, -0.2) is 53.1 Å². The van der Waals surface area contributed by atoms with Gasteiger partial charge in [-0.05, 0) is 18.9 Å². The summed E-state index contributed by atoms with van der Waals surface area (Å²) in [5, 5.41) is 9.08. The molecule has 0 aliphatic carbocycles. The minimum absolute atomic E-state index is 0.381. The molecule has 1 heterocycles. The van der Waals surface area contributed by atoms with Crippen molar-refractivity contribution >= 4 is 5.97 Å². The molecular weight excluding hydrogens is 252 g/mol. The molecule has 20 heavy (non-hydrogen) atoms. The van der Waals surface area contributed by atoms with Crippen molar-refractivity contribution in [1.82, 2.24) is 9.80 Å². The van der Waals surface area contributed by atoms with Gasteiger partial charge in [0.1, 0.15) is 6.04 Å². The molecule has 2 rings (SSSR count). The second-order valence-electron chi connectivity index (χ2n) is 5.42. The van der Waals surface area contributed by atoms with Crippen molar-refractivity contribution in [3.63, 3.8) is 0 Å². The van der Waals surface area contributed by atoms with E-state index in [1.54, 1.807) is 6.92 Å². The van der Waals surface area contributed by atoms with E-state index in [0.29, 0.717) is 6.04 Å². The summed E-state index contributed by atoms with van der Waals surface area (Å²) in [6.07, 6.45) is 1.08. The fraction of sp³-hybridized carbons (Fsp3) is 0.562. The lowest BCUT2D eigenvalue weighted by Crippen LogP contribution is -2.52. The summed E-state index contributed by atoms with van der Waals surface area (Å²) in [5.74, 6) is -0.728. The molecule has 0 amide bonds. The van der Waals surface area contributed by atoms with E-state index in [2.05, 4.69) is 41.0 Å². The van der Waals surface area contributed by atoms with Crippen LogP contribution in [0.2, 0.25) is 0 Å². The van der Waals surface area contributed by atoms with E-state index in [4.69, 9.17) is 5.11 Å². The van der Waals surface area contributed by atoms with Crippen LogP contribution in [0.1, 0.15) is 31.9 Å². The molecular formula is C16H24N2O2. The van der Waals surface area contributed by atoms with Crippen LogP contribution >= 0.6 is 0 Å². The van der Waals surface area contributed by atoms with Crippen molar-refractivity contribution in [2.24, 2.45) is 0 Å². The molecule has 0 bridgehead atoms. The molecule has 1 saturated heterocycles. The Morgan fingerprint density at radius 3 is 2.20 bits per heavy atom. The molecule has 1 aliphatic heterocycles. The van der Waals surface area contributed by atoms with E-state index < -0.39 is 5.97 Å². The average Bonchev–Trinajstić information content (AvgIpc) is 2.49. The zero-order valence-electron chi connectivity index (χ0n) is 12.3. The first-order chi connectivity index (χ1) is 9.63. The van der Waals surface area contributed by atoms with Crippen LogP contribution in [0.4, 0.5) is 0 Å². The summed E-state index contributed by atoms with van der Waals surface area (Å²) in [4.78, 5) is 15.6. The third kappa shape index (κ3) is 3.38. The maximum absolute atomic E-state index is 11.0. The van der Waals surface area contributed by atoms with Crippen molar-refractivity contribution in [2.45, 2.75) is 32.4 Å². The molecule has 0 spiro atoms. The first-order valence-corrected chi connectivity index (χ1v) is 7.39. The number of rotatable bonds is 5. The van der Waals surface area contributed by atoms with Crippen molar-refractivity contribution in [3.05, 3.63) is 35.9 Å². The summed E-state index contributed by atoms with van der Waals surface area (Å²) in [5.41, 5.74) is 1.36. The first-order valence-electron chi connectivity index (χ1n) is 7.39. The molecule has 2 unspecified atom stereocenters. The van der Waals surface area contributed by atoms with Gasteiger partial charge in [0.05, 0.1) is 0 Å². The Balaban J connectivity index is 1.97. The Morgan fingerprint density at radius 2 is 1.70 bits per heavy atom. The maximum atomic E-state index is 11.0. The van der Waals surface area contributed by atoms with Gasteiger partial charge in [-0.1, -0.05) is 37.3 Å². The predicted molar refractivity (Wildman–Crippen MR) is 79.7 cm³/mol.